The van der Waals surface area contributed by atoms with Crippen LogP contribution in [0.2, 0.25) is 0 Å². The van der Waals surface area contributed by atoms with Crippen molar-refractivity contribution in [3.63, 3.8) is 0 Å². The van der Waals surface area contributed by atoms with E-state index >= 15 is 0 Å². The van der Waals surface area contributed by atoms with Crippen LogP contribution in [0, 0.1) is 5.82 Å². The van der Waals surface area contributed by atoms with Gasteiger partial charge in [0.1, 0.15) is 24.3 Å². The minimum absolute atomic E-state index is 0.206. The first-order valence-electron chi connectivity index (χ1n) is 11.9. The van der Waals surface area contributed by atoms with Crippen molar-refractivity contribution in [2.24, 2.45) is 0 Å². The quantitative estimate of drug-likeness (QED) is 0.508. The molecule has 1 saturated heterocycles. The van der Waals surface area contributed by atoms with E-state index in [1.165, 1.54) is 23.4 Å². The Hall–Kier alpha value is -3.55. The molecule has 0 spiro atoms. The first kappa shape index (κ1) is 23.2. The van der Waals surface area contributed by atoms with E-state index in [2.05, 4.69) is 46.0 Å². The summed E-state index contributed by atoms with van der Waals surface area (Å²) in [6, 6.07) is 20.8. The smallest absolute Gasteiger partial charge is 0.190 e. The lowest BCUT2D eigenvalue weighted by Crippen LogP contribution is -2.49. The number of ether oxygens (including phenoxy) is 2. The van der Waals surface area contributed by atoms with Gasteiger partial charge in [-0.15, -0.1) is 0 Å². The highest BCUT2D eigenvalue weighted by atomic mass is 19.1. The summed E-state index contributed by atoms with van der Waals surface area (Å²) in [6.07, 6.45) is 0.216. The van der Waals surface area contributed by atoms with Gasteiger partial charge < -0.3 is 24.8 Å². The van der Waals surface area contributed by atoms with E-state index in [0.29, 0.717) is 23.9 Å². The summed E-state index contributed by atoms with van der Waals surface area (Å²) in [6.45, 7) is 8.13. The van der Waals surface area contributed by atoms with Crippen LogP contribution in [0.15, 0.2) is 79.2 Å². The molecular weight excluding hydrogens is 445 g/mol. The number of hydrogen-bond donors (Lipinski definition) is 2. The predicted molar refractivity (Wildman–Crippen MR) is 136 cm³/mol. The molecule has 0 aromatic heterocycles. The Labute approximate surface area is 205 Å². The van der Waals surface area contributed by atoms with E-state index in [9.17, 15) is 9.50 Å². The fraction of sp³-hybridized carbons (Fsp3) is 0.286. The van der Waals surface area contributed by atoms with Gasteiger partial charge in [0.05, 0.1) is 5.69 Å². The van der Waals surface area contributed by atoms with Crippen LogP contribution in [0.3, 0.4) is 0 Å². The monoisotopic (exact) mass is 475 g/mol. The molecule has 7 heteroatoms. The fourth-order valence-corrected chi connectivity index (χ4v) is 4.48. The minimum Gasteiger partial charge on any atom is -0.491 e. The molecule has 0 radical (unpaired) electrons. The molecule has 2 aliphatic heterocycles. The topological polar surface area (TPSA) is 57.2 Å². The van der Waals surface area contributed by atoms with Crippen LogP contribution in [-0.4, -0.2) is 55.4 Å². The van der Waals surface area contributed by atoms with Crippen LogP contribution >= 0.6 is 0 Å². The molecule has 3 aromatic rings. The number of β-amino-alcohol motifs (C(OH)–C–C–N with tert-alkyl or cyclic N) is 1. The average Bonchev–Trinajstić information content (AvgIpc) is 3.24. The highest BCUT2D eigenvalue weighted by Gasteiger charge is 2.20. The zero-order valence-electron chi connectivity index (χ0n) is 19.6. The SMILES string of the molecule is C=C1Nc2ccc(OC[C@@H](O)CN3CCN(c4ccc(Cc5ccc(F)cc5)cc4)CC3)cc2O1. The molecule has 0 amide bonds. The van der Waals surface area contributed by atoms with Gasteiger partial charge in [0.15, 0.2) is 11.6 Å². The van der Waals surface area contributed by atoms with E-state index in [0.717, 1.165) is 43.9 Å². The first-order chi connectivity index (χ1) is 17.0. The fourth-order valence-electron chi connectivity index (χ4n) is 4.48. The normalized spacial score (nSPS) is 16.4. The first-order valence-corrected chi connectivity index (χ1v) is 11.9. The van der Waals surface area contributed by atoms with E-state index in [1.807, 2.05) is 24.3 Å². The summed E-state index contributed by atoms with van der Waals surface area (Å²) in [7, 11) is 0. The van der Waals surface area contributed by atoms with Crippen LogP contribution < -0.4 is 19.7 Å². The van der Waals surface area contributed by atoms with Crippen LogP contribution in [0.25, 0.3) is 0 Å². The van der Waals surface area contributed by atoms with E-state index in [1.54, 1.807) is 6.07 Å². The summed E-state index contributed by atoms with van der Waals surface area (Å²) < 4.78 is 24.4. The zero-order chi connectivity index (χ0) is 24.2. The van der Waals surface area contributed by atoms with Crippen molar-refractivity contribution in [1.29, 1.82) is 0 Å². The molecule has 1 fully saturated rings. The van der Waals surface area contributed by atoms with Crippen molar-refractivity contribution >= 4 is 11.4 Å². The van der Waals surface area contributed by atoms with Gasteiger partial charge in [-0.25, -0.2) is 4.39 Å². The van der Waals surface area contributed by atoms with Gasteiger partial charge in [0.2, 0.25) is 0 Å². The number of nitrogens with one attached hydrogen (secondary N) is 1. The lowest BCUT2D eigenvalue weighted by molar-refractivity contribution is 0.0662. The maximum absolute atomic E-state index is 13.1. The van der Waals surface area contributed by atoms with Crippen LogP contribution in [0.5, 0.6) is 11.5 Å². The average molecular weight is 476 g/mol. The van der Waals surface area contributed by atoms with Crippen LogP contribution in [0.1, 0.15) is 11.1 Å². The summed E-state index contributed by atoms with van der Waals surface area (Å²) in [5.41, 5.74) is 4.37. The Balaban J connectivity index is 1.05. The summed E-state index contributed by atoms with van der Waals surface area (Å²) in [4.78, 5) is 4.64. The molecule has 0 saturated carbocycles. The van der Waals surface area contributed by atoms with Gasteiger partial charge in [-0.05, 0) is 60.5 Å². The third-order valence-electron chi connectivity index (χ3n) is 6.37. The Morgan fingerprint density at radius 2 is 1.66 bits per heavy atom. The second-order valence-electron chi connectivity index (χ2n) is 9.03. The lowest BCUT2D eigenvalue weighted by atomic mass is 10.0. The van der Waals surface area contributed by atoms with Crippen molar-refractivity contribution < 1.29 is 19.0 Å². The summed E-state index contributed by atoms with van der Waals surface area (Å²) in [5.74, 6) is 1.63. The number of anilines is 2. The van der Waals surface area contributed by atoms with Gasteiger partial charge in [-0.3, -0.25) is 4.90 Å². The Bertz CT molecular complexity index is 1160. The maximum atomic E-state index is 13.1. The zero-order valence-corrected chi connectivity index (χ0v) is 19.6. The summed E-state index contributed by atoms with van der Waals surface area (Å²) in [5, 5.41) is 13.5. The van der Waals surface area contributed by atoms with Gasteiger partial charge in [-0.1, -0.05) is 24.3 Å². The number of halogens is 1. The number of benzene rings is 3. The standard InChI is InChI=1S/C28H30FN3O3/c1-20-30-27-11-10-26(17-28(27)35-20)34-19-25(33)18-31-12-14-32(15-13-31)24-8-4-22(5-9-24)16-21-2-6-23(29)7-3-21/h2-11,17,25,30,33H,1,12-16,18-19H2/t25-/m0/s1. The number of piperazine rings is 1. The number of hydrogen-bond acceptors (Lipinski definition) is 6. The van der Waals surface area contributed by atoms with Gasteiger partial charge in [-0.2, -0.15) is 0 Å². The summed E-state index contributed by atoms with van der Waals surface area (Å²) >= 11 is 0. The van der Waals surface area contributed by atoms with Crippen molar-refractivity contribution in [1.82, 2.24) is 4.90 Å². The maximum Gasteiger partial charge on any atom is 0.190 e. The van der Waals surface area contributed by atoms with Gasteiger partial charge >= 0.3 is 0 Å². The second-order valence-corrected chi connectivity index (χ2v) is 9.03. The van der Waals surface area contributed by atoms with E-state index in [-0.39, 0.29) is 12.4 Å². The Kier molecular flexibility index (Phi) is 6.88. The molecule has 182 valence electrons. The number of aliphatic hydroxyl groups excluding tert-OH is 1. The molecule has 2 heterocycles. The minimum atomic E-state index is -0.574. The highest BCUT2D eigenvalue weighted by molar-refractivity contribution is 5.65. The molecule has 6 nitrogen and oxygen atoms in total. The van der Waals surface area contributed by atoms with E-state index in [4.69, 9.17) is 9.47 Å². The van der Waals surface area contributed by atoms with Gasteiger partial charge in [0, 0.05) is 44.5 Å². The lowest BCUT2D eigenvalue weighted by Gasteiger charge is -2.37. The Morgan fingerprint density at radius 1 is 0.971 bits per heavy atom. The van der Waals surface area contributed by atoms with Crippen LogP contribution in [-0.2, 0) is 6.42 Å². The van der Waals surface area contributed by atoms with Gasteiger partial charge in [0.25, 0.3) is 0 Å². The largest absolute Gasteiger partial charge is 0.491 e. The van der Waals surface area contributed by atoms with Crippen molar-refractivity contribution in [3.05, 3.63) is 96.1 Å². The molecule has 0 unspecified atom stereocenters. The van der Waals surface area contributed by atoms with Crippen molar-refractivity contribution in [2.75, 3.05) is 49.5 Å². The second kappa shape index (κ2) is 10.4. The number of rotatable bonds is 8. The Morgan fingerprint density at radius 3 is 2.37 bits per heavy atom. The molecule has 3 aromatic carbocycles. The predicted octanol–water partition coefficient (Wildman–Crippen LogP) is 4.25. The van der Waals surface area contributed by atoms with E-state index < -0.39 is 6.10 Å². The van der Waals surface area contributed by atoms with Crippen molar-refractivity contribution in [3.8, 4) is 11.5 Å². The molecular formula is C28H30FN3O3. The molecule has 5 rings (SSSR count). The third kappa shape index (κ3) is 5.93. The molecule has 1 atom stereocenters. The molecule has 2 aliphatic rings. The highest BCUT2D eigenvalue weighted by Crippen LogP contribution is 2.35. The van der Waals surface area contributed by atoms with Crippen LogP contribution in [0.4, 0.5) is 15.8 Å². The number of fused-ring (bicyclic) bond motifs is 1. The number of nitrogens with zero attached hydrogens (tertiary/aromatic N) is 2. The molecule has 35 heavy (non-hydrogen) atoms. The molecule has 0 bridgehead atoms. The molecule has 0 aliphatic carbocycles. The number of aliphatic hydroxyl groups is 1. The molecule has 2 N–H and O–H groups in total. The third-order valence-corrected chi connectivity index (χ3v) is 6.37. The van der Waals surface area contributed by atoms with Crippen molar-refractivity contribution in [2.45, 2.75) is 12.5 Å².